The zero-order valence-electron chi connectivity index (χ0n) is 11.0. The first kappa shape index (κ1) is 11.2. The monoisotopic (exact) mass is 253 g/mol. The van der Waals surface area contributed by atoms with Gasteiger partial charge in [-0.15, -0.1) is 0 Å². The molecule has 3 nitrogen and oxygen atoms in total. The second-order valence-corrected chi connectivity index (χ2v) is 5.90. The van der Waals surface area contributed by atoms with E-state index in [4.69, 9.17) is 5.73 Å². The molecule has 1 aromatic heterocycles. The fourth-order valence-corrected chi connectivity index (χ4v) is 3.93. The Morgan fingerprint density at radius 3 is 2.68 bits per heavy atom. The van der Waals surface area contributed by atoms with Crippen LogP contribution >= 0.6 is 0 Å². The number of hydrogen-bond donors (Lipinski definition) is 1. The number of nitrogens with two attached hydrogens (primary N) is 1. The van der Waals surface area contributed by atoms with Gasteiger partial charge >= 0.3 is 0 Å². The van der Waals surface area contributed by atoms with Gasteiger partial charge in [0.1, 0.15) is 0 Å². The third kappa shape index (κ3) is 1.72. The molecule has 0 saturated carbocycles. The standard InChI is InChI=1S/C16H19N3/c17-12-8-13-4-5-14(9-12)19(13)16-3-1-2-11-6-7-18-10-15(11)16/h1-3,6-7,10,12-14H,4-5,8-9,17H2. The van der Waals surface area contributed by atoms with Gasteiger partial charge in [0.2, 0.25) is 0 Å². The maximum atomic E-state index is 6.17. The summed E-state index contributed by atoms with van der Waals surface area (Å²) >= 11 is 0. The first-order valence-electron chi connectivity index (χ1n) is 7.19. The van der Waals surface area contributed by atoms with Crippen LogP contribution in [0.25, 0.3) is 10.8 Å². The van der Waals surface area contributed by atoms with Crippen LogP contribution in [0, 0.1) is 0 Å². The number of hydrogen-bond acceptors (Lipinski definition) is 3. The SMILES string of the molecule is NC1CC2CCC(C1)N2c1cccc2ccncc12. The lowest BCUT2D eigenvalue weighted by molar-refractivity contribution is 0.415. The lowest BCUT2D eigenvalue weighted by Crippen LogP contribution is -2.47. The first-order valence-corrected chi connectivity index (χ1v) is 7.19. The molecule has 0 amide bonds. The maximum absolute atomic E-state index is 6.17. The molecule has 0 spiro atoms. The van der Waals surface area contributed by atoms with Crippen molar-refractivity contribution in [2.24, 2.45) is 5.73 Å². The summed E-state index contributed by atoms with van der Waals surface area (Å²) in [5.41, 5.74) is 7.52. The van der Waals surface area contributed by atoms with Crippen molar-refractivity contribution in [3.63, 3.8) is 0 Å². The zero-order valence-corrected chi connectivity index (χ0v) is 11.0. The van der Waals surface area contributed by atoms with Crippen LogP contribution in [-0.4, -0.2) is 23.1 Å². The van der Waals surface area contributed by atoms with E-state index in [1.165, 1.54) is 29.3 Å². The summed E-state index contributed by atoms with van der Waals surface area (Å²) in [6.45, 7) is 0. The molecule has 19 heavy (non-hydrogen) atoms. The summed E-state index contributed by atoms with van der Waals surface area (Å²) in [7, 11) is 0. The molecule has 2 aromatic rings. The number of rotatable bonds is 1. The Morgan fingerprint density at radius 2 is 1.89 bits per heavy atom. The first-order chi connectivity index (χ1) is 9.33. The van der Waals surface area contributed by atoms with Crippen molar-refractivity contribution in [2.75, 3.05) is 4.90 Å². The largest absolute Gasteiger partial charge is 0.365 e. The third-order valence-electron chi connectivity index (χ3n) is 4.71. The van der Waals surface area contributed by atoms with Gasteiger partial charge in [0, 0.05) is 41.6 Å². The molecule has 2 bridgehead atoms. The predicted molar refractivity (Wildman–Crippen MR) is 78.2 cm³/mol. The van der Waals surface area contributed by atoms with E-state index in [1.54, 1.807) is 0 Å². The van der Waals surface area contributed by atoms with E-state index in [0.29, 0.717) is 18.1 Å². The molecule has 3 heteroatoms. The number of fused-ring (bicyclic) bond motifs is 3. The number of nitrogens with zero attached hydrogens (tertiary/aromatic N) is 2. The average molecular weight is 253 g/mol. The number of piperidine rings is 1. The molecule has 2 aliphatic rings. The Bertz CT molecular complexity index is 590. The Labute approximate surface area is 113 Å². The summed E-state index contributed by atoms with van der Waals surface area (Å²) in [4.78, 5) is 6.92. The molecule has 0 radical (unpaired) electrons. The molecule has 2 N–H and O–H groups in total. The summed E-state index contributed by atoms with van der Waals surface area (Å²) in [6, 6.07) is 10.3. The van der Waals surface area contributed by atoms with Gasteiger partial charge in [-0.1, -0.05) is 12.1 Å². The molecule has 2 unspecified atom stereocenters. The van der Waals surface area contributed by atoms with E-state index < -0.39 is 0 Å². The van der Waals surface area contributed by atoms with Crippen molar-refractivity contribution in [2.45, 2.75) is 43.8 Å². The van der Waals surface area contributed by atoms with Crippen LogP contribution in [-0.2, 0) is 0 Å². The minimum atomic E-state index is 0.391. The van der Waals surface area contributed by atoms with Crippen molar-refractivity contribution >= 4 is 16.5 Å². The Balaban J connectivity index is 1.83. The number of aromatic nitrogens is 1. The normalized spacial score (nSPS) is 29.9. The molecule has 98 valence electrons. The molecule has 3 heterocycles. The van der Waals surface area contributed by atoms with E-state index in [2.05, 4.69) is 34.1 Å². The van der Waals surface area contributed by atoms with Crippen molar-refractivity contribution in [3.05, 3.63) is 36.7 Å². The predicted octanol–water partition coefficient (Wildman–Crippen LogP) is 2.69. The molecule has 2 aliphatic heterocycles. The highest BCUT2D eigenvalue weighted by Gasteiger charge is 2.40. The van der Waals surface area contributed by atoms with E-state index >= 15 is 0 Å². The van der Waals surface area contributed by atoms with Crippen LogP contribution in [0.2, 0.25) is 0 Å². The summed E-state index contributed by atoms with van der Waals surface area (Å²) < 4.78 is 0. The lowest BCUT2D eigenvalue weighted by Gasteiger charge is -2.40. The van der Waals surface area contributed by atoms with Gasteiger partial charge in [-0.25, -0.2) is 0 Å². The highest BCUT2D eigenvalue weighted by atomic mass is 15.2. The third-order valence-corrected chi connectivity index (χ3v) is 4.71. The highest BCUT2D eigenvalue weighted by Crippen LogP contribution is 2.41. The second-order valence-electron chi connectivity index (χ2n) is 5.90. The minimum Gasteiger partial charge on any atom is -0.365 e. The highest BCUT2D eigenvalue weighted by molar-refractivity contribution is 5.94. The Morgan fingerprint density at radius 1 is 1.11 bits per heavy atom. The van der Waals surface area contributed by atoms with E-state index in [1.807, 2.05) is 12.4 Å². The van der Waals surface area contributed by atoms with Crippen molar-refractivity contribution < 1.29 is 0 Å². The zero-order chi connectivity index (χ0) is 12.8. The number of anilines is 1. The summed E-state index contributed by atoms with van der Waals surface area (Å²) in [5, 5.41) is 2.55. The Hall–Kier alpha value is -1.61. The van der Waals surface area contributed by atoms with Gasteiger partial charge in [-0.3, -0.25) is 4.98 Å². The quantitative estimate of drug-likeness (QED) is 0.849. The van der Waals surface area contributed by atoms with Crippen LogP contribution in [0.15, 0.2) is 36.7 Å². The van der Waals surface area contributed by atoms with Crippen LogP contribution < -0.4 is 10.6 Å². The van der Waals surface area contributed by atoms with Crippen LogP contribution in [0.3, 0.4) is 0 Å². The molecule has 2 atom stereocenters. The van der Waals surface area contributed by atoms with Gasteiger partial charge in [-0.05, 0) is 43.2 Å². The molecule has 4 rings (SSSR count). The Kier molecular flexibility index (Phi) is 2.49. The fraction of sp³-hybridized carbons (Fsp3) is 0.438. The molecular formula is C16H19N3. The average Bonchev–Trinajstić information content (AvgIpc) is 2.70. The molecule has 1 aromatic carbocycles. The maximum Gasteiger partial charge on any atom is 0.0466 e. The van der Waals surface area contributed by atoms with Crippen LogP contribution in [0.1, 0.15) is 25.7 Å². The number of benzene rings is 1. The van der Waals surface area contributed by atoms with Crippen molar-refractivity contribution in [1.29, 1.82) is 0 Å². The van der Waals surface area contributed by atoms with Gasteiger partial charge < -0.3 is 10.6 Å². The number of pyridine rings is 1. The van der Waals surface area contributed by atoms with Crippen molar-refractivity contribution in [3.8, 4) is 0 Å². The topological polar surface area (TPSA) is 42.1 Å². The molecule has 0 aliphatic carbocycles. The van der Waals surface area contributed by atoms with Crippen LogP contribution in [0.5, 0.6) is 0 Å². The van der Waals surface area contributed by atoms with Gasteiger partial charge in [0.05, 0.1) is 0 Å². The summed E-state index contributed by atoms with van der Waals surface area (Å²) in [5.74, 6) is 0. The van der Waals surface area contributed by atoms with Gasteiger partial charge in [0.25, 0.3) is 0 Å². The van der Waals surface area contributed by atoms with Gasteiger partial charge in [-0.2, -0.15) is 0 Å². The molecule has 2 fully saturated rings. The van der Waals surface area contributed by atoms with Crippen LogP contribution in [0.4, 0.5) is 5.69 Å². The fourth-order valence-electron chi connectivity index (χ4n) is 3.93. The van der Waals surface area contributed by atoms with E-state index in [9.17, 15) is 0 Å². The lowest BCUT2D eigenvalue weighted by atomic mass is 9.96. The minimum absolute atomic E-state index is 0.391. The molecular weight excluding hydrogens is 234 g/mol. The van der Waals surface area contributed by atoms with Crippen molar-refractivity contribution in [1.82, 2.24) is 4.98 Å². The summed E-state index contributed by atoms with van der Waals surface area (Å²) in [6.07, 6.45) is 8.70. The molecule has 2 saturated heterocycles. The van der Waals surface area contributed by atoms with Gasteiger partial charge in [0.15, 0.2) is 0 Å². The van der Waals surface area contributed by atoms with E-state index in [-0.39, 0.29) is 0 Å². The van der Waals surface area contributed by atoms with E-state index in [0.717, 1.165) is 12.8 Å². The smallest absolute Gasteiger partial charge is 0.0466 e. The second kappa shape index (κ2) is 4.20.